The fourth-order valence-electron chi connectivity index (χ4n) is 4.17. The molecule has 33 heavy (non-hydrogen) atoms. The van der Waals surface area contributed by atoms with Gasteiger partial charge >= 0.3 is 0 Å². The zero-order valence-electron chi connectivity index (χ0n) is 19.1. The van der Waals surface area contributed by atoms with Crippen LogP contribution in [-0.2, 0) is 14.3 Å². The second-order valence-corrected chi connectivity index (χ2v) is 8.68. The largest absolute Gasteiger partial charge is 0.367 e. The first-order chi connectivity index (χ1) is 15.9. The molecule has 6 nitrogen and oxygen atoms in total. The predicted octanol–water partition coefficient (Wildman–Crippen LogP) is 4.15. The van der Waals surface area contributed by atoms with Crippen LogP contribution in [0.15, 0.2) is 54.6 Å². The third-order valence-electron chi connectivity index (χ3n) is 6.30. The SMILES string of the molecule is CC(CC(=O)c1ccc(C#N)cc1)C(=O)N1CCC(OC(C=O)C(C)c2ccccc2)CC1. The smallest absolute Gasteiger partial charge is 0.225 e. The Morgan fingerprint density at radius 3 is 2.30 bits per heavy atom. The van der Waals surface area contributed by atoms with Gasteiger partial charge < -0.3 is 14.4 Å². The molecule has 2 aromatic rings. The minimum absolute atomic E-state index is 0.0416. The van der Waals surface area contributed by atoms with E-state index in [1.807, 2.05) is 43.3 Å². The quantitative estimate of drug-likeness (QED) is 0.427. The van der Waals surface area contributed by atoms with E-state index in [0.29, 0.717) is 37.1 Å². The molecule has 0 bridgehead atoms. The average molecular weight is 447 g/mol. The van der Waals surface area contributed by atoms with Gasteiger partial charge in [0.15, 0.2) is 5.78 Å². The number of nitriles is 1. The number of likely N-dealkylation sites (tertiary alicyclic amines) is 1. The first-order valence-corrected chi connectivity index (χ1v) is 11.4. The van der Waals surface area contributed by atoms with E-state index in [4.69, 9.17) is 10.00 Å². The van der Waals surface area contributed by atoms with Gasteiger partial charge in [0.1, 0.15) is 12.4 Å². The summed E-state index contributed by atoms with van der Waals surface area (Å²) in [6.45, 7) is 4.85. The molecular formula is C27H30N2O4. The van der Waals surface area contributed by atoms with Gasteiger partial charge in [-0.05, 0) is 30.5 Å². The number of amides is 1. The van der Waals surface area contributed by atoms with Gasteiger partial charge in [-0.15, -0.1) is 0 Å². The number of hydrogen-bond donors (Lipinski definition) is 0. The van der Waals surface area contributed by atoms with Gasteiger partial charge in [-0.3, -0.25) is 9.59 Å². The van der Waals surface area contributed by atoms with Crippen molar-refractivity contribution in [2.75, 3.05) is 13.1 Å². The average Bonchev–Trinajstić information content (AvgIpc) is 2.87. The Bertz CT molecular complexity index is 989. The molecule has 0 aromatic heterocycles. The second kappa shape index (κ2) is 11.5. The molecule has 2 aromatic carbocycles. The minimum Gasteiger partial charge on any atom is -0.367 e. The lowest BCUT2D eigenvalue weighted by Crippen LogP contribution is -2.44. The van der Waals surface area contributed by atoms with Gasteiger partial charge in [0.25, 0.3) is 0 Å². The highest BCUT2D eigenvalue weighted by atomic mass is 16.5. The van der Waals surface area contributed by atoms with Crippen LogP contribution in [0.2, 0.25) is 0 Å². The van der Waals surface area contributed by atoms with Gasteiger partial charge in [0.05, 0.1) is 17.7 Å². The Labute approximate surface area is 195 Å². The molecule has 3 atom stereocenters. The topological polar surface area (TPSA) is 87.5 Å². The normalized spacial score (nSPS) is 16.9. The van der Waals surface area contributed by atoms with Crippen molar-refractivity contribution in [3.8, 4) is 6.07 Å². The summed E-state index contributed by atoms with van der Waals surface area (Å²) in [6, 6.07) is 18.3. The van der Waals surface area contributed by atoms with Crippen LogP contribution >= 0.6 is 0 Å². The van der Waals surface area contributed by atoms with Crippen LogP contribution in [0.3, 0.4) is 0 Å². The first kappa shape index (κ1) is 24.3. The van der Waals surface area contributed by atoms with E-state index < -0.39 is 12.0 Å². The summed E-state index contributed by atoms with van der Waals surface area (Å²) in [5.41, 5.74) is 2.06. The summed E-state index contributed by atoms with van der Waals surface area (Å²) < 4.78 is 6.10. The molecule has 1 aliphatic rings. The molecule has 172 valence electrons. The zero-order chi connectivity index (χ0) is 23.8. The molecule has 1 amide bonds. The standard InChI is InChI=1S/C27H30N2O4/c1-19(16-25(31)23-10-8-21(17-28)9-11-23)27(32)29-14-12-24(13-15-29)33-26(18-30)20(2)22-6-4-3-5-7-22/h3-11,18-20,24,26H,12-16H2,1-2H3. The molecule has 0 N–H and O–H groups in total. The number of aldehydes is 1. The molecule has 0 saturated carbocycles. The molecule has 0 radical (unpaired) electrons. The van der Waals surface area contributed by atoms with Crippen molar-refractivity contribution in [1.29, 1.82) is 5.26 Å². The Balaban J connectivity index is 1.49. The Morgan fingerprint density at radius 2 is 1.73 bits per heavy atom. The van der Waals surface area contributed by atoms with Crippen LogP contribution in [0.4, 0.5) is 0 Å². The summed E-state index contributed by atoms with van der Waals surface area (Å²) in [6.07, 6.45) is 1.71. The first-order valence-electron chi connectivity index (χ1n) is 11.4. The fraction of sp³-hybridized carbons (Fsp3) is 0.407. The lowest BCUT2D eigenvalue weighted by molar-refractivity contribution is -0.140. The maximum atomic E-state index is 12.9. The van der Waals surface area contributed by atoms with Gasteiger partial charge in [-0.25, -0.2) is 0 Å². The van der Waals surface area contributed by atoms with E-state index in [0.717, 1.165) is 11.8 Å². The summed E-state index contributed by atoms with van der Waals surface area (Å²) in [4.78, 5) is 38.9. The van der Waals surface area contributed by atoms with Crippen LogP contribution < -0.4 is 0 Å². The van der Waals surface area contributed by atoms with Crippen molar-refractivity contribution in [2.45, 2.75) is 51.2 Å². The highest BCUT2D eigenvalue weighted by molar-refractivity contribution is 5.98. The van der Waals surface area contributed by atoms with Crippen molar-refractivity contribution in [3.63, 3.8) is 0 Å². The van der Waals surface area contributed by atoms with E-state index in [1.165, 1.54) is 0 Å². The zero-order valence-corrected chi connectivity index (χ0v) is 19.1. The molecule has 1 aliphatic heterocycles. The number of nitrogens with zero attached hydrogens (tertiary/aromatic N) is 2. The van der Waals surface area contributed by atoms with Crippen LogP contribution in [0.25, 0.3) is 0 Å². The Hall–Kier alpha value is -3.30. The number of benzene rings is 2. The van der Waals surface area contributed by atoms with Gasteiger partial charge in [0.2, 0.25) is 5.91 Å². The van der Waals surface area contributed by atoms with Gasteiger partial charge in [0, 0.05) is 36.9 Å². The monoisotopic (exact) mass is 446 g/mol. The number of rotatable bonds is 9. The molecule has 0 spiro atoms. The number of carbonyl (C=O) groups is 3. The maximum absolute atomic E-state index is 12.9. The summed E-state index contributed by atoms with van der Waals surface area (Å²) in [7, 11) is 0. The molecule has 3 unspecified atom stereocenters. The highest BCUT2D eigenvalue weighted by Gasteiger charge is 2.30. The molecule has 1 fully saturated rings. The number of Topliss-reactive ketones (excluding diaryl/α,β-unsaturated/α-hetero) is 1. The predicted molar refractivity (Wildman–Crippen MR) is 125 cm³/mol. The van der Waals surface area contributed by atoms with Gasteiger partial charge in [-0.1, -0.05) is 56.3 Å². The number of hydrogen-bond acceptors (Lipinski definition) is 5. The van der Waals surface area contributed by atoms with Crippen LogP contribution in [0.1, 0.15) is 60.5 Å². The summed E-state index contributed by atoms with van der Waals surface area (Å²) in [5, 5.41) is 8.88. The molecule has 1 saturated heterocycles. The second-order valence-electron chi connectivity index (χ2n) is 8.68. The summed E-state index contributed by atoms with van der Waals surface area (Å²) in [5.74, 6) is -0.620. The van der Waals surface area contributed by atoms with Gasteiger partial charge in [-0.2, -0.15) is 5.26 Å². The van der Waals surface area contributed by atoms with Crippen molar-refractivity contribution in [2.24, 2.45) is 5.92 Å². The van der Waals surface area contributed by atoms with Crippen molar-refractivity contribution >= 4 is 18.0 Å². The van der Waals surface area contributed by atoms with Crippen molar-refractivity contribution in [3.05, 3.63) is 71.3 Å². The Morgan fingerprint density at radius 1 is 1.09 bits per heavy atom. The molecular weight excluding hydrogens is 416 g/mol. The Kier molecular flexibility index (Phi) is 8.51. The number of piperidine rings is 1. The van der Waals surface area contributed by atoms with E-state index in [9.17, 15) is 14.4 Å². The van der Waals surface area contributed by atoms with E-state index >= 15 is 0 Å². The van der Waals surface area contributed by atoms with Crippen LogP contribution in [0.5, 0.6) is 0 Å². The molecule has 3 rings (SSSR count). The molecule has 0 aliphatic carbocycles. The highest BCUT2D eigenvalue weighted by Crippen LogP contribution is 2.25. The van der Waals surface area contributed by atoms with Crippen molar-refractivity contribution in [1.82, 2.24) is 4.90 Å². The van der Waals surface area contributed by atoms with E-state index in [2.05, 4.69) is 0 Å². The third-order valence-corrected chi connectivity index (χ3v) is 6.30. The number of ether oxygens (including phenoxy) is 1. The van der Waals surface area contributed by atoms with E-state index in [-0.39, 0.29) is 30.1 Å². The lowest BCUT2D eigenvalue weighted by atomic mass is 9.95. The minimum atomic E-state index is -0.524. The van der Waals surface area contributed by atoms with E-state index in [1.54, 1.807) is 36.1 Å². The summed E-state index contributed by atoms with van der Waals surface area (Å²) >= 11 is 0. The van der Waals surface area contributed by atoms with Crippen LogP contribution in [0, 0.1) is 17.2 Å². The fourth-order valence-corrected chi connectivity index (χ4v) is 4.17. The van der Waals surface area contributed by atoms with Crippen molar-refractivity contribution < 1.29 is 19.1 Å². The van der Waals surface area contributed by atoms with Crippen LogP contribution in [-0.4, -0.2) is 48.2 Å². The lowest BCUT2D eigenvalue weighted by Gasteiger charge is -2.35. The third kappa shape index (κ3) is 6.36. The molecule has 1 heterocycles. The number of carbonyl (C=O) groups excluding carboxylic acids is 3. The maximum Gasteiger partial charge on any atom is 0.225 e. The molecule has 6 heteroatoms. The number of ketones is 1.